The molecule has 0 spiro atoms. The fourth-order valence-electron chi connectivity index (χ4n) is 2.76. The summed E-state index contributed by atoms with van der Waals surface area (Å²) in [7, 11) is 1.21. The lowest BCUT2D eigenvalue weighted by Crippen LogP contribution is -2.22. The highest BCUT2D eigenvalue weighted by Crippen LogP contribution is 2.31. The maximum Gasteiger partial charge on any atom is 0.416 e. The minimum atomic E-state index is -4.58. The van der Waals surface area contributed by atoms with Gasteiger partial charge in [-0.15, -0.1) is 0 Å². The molecule has 180 valence electrons. The SMILES string of the molecule is COc1cn(-c2cccc(C(F)(F)F)c2)nc1C(=O)OCC(=O)Nc1ccccc1OC(F)F. The number of amides is 1. The van der Waals surface area contributed by atoms with Crippen molar-refractivity contribution < 1.29 is 45.8 Å². The van der Waals surface area contributed by atoms with Gasteiger partial charge in [0.05, 0.1) is 30.2 Å². The number of ether oxygens (including phenoxy) is 3. The van der Waals surface area contributed by atoms with Crippen LogP contribution in [0.3, 0.4) is 0 Å². The molecule has 0 aliphatic heterocycles. The second-order valence-corrected chi connectivity index (χ2v) is 6.54. The van der Waals surface area contributed by atoms with E-state index in [2.05, 4.69) is 15.2 Å². The van der Waals surface area contributed by atoms with Gasteiger partial charge in [0.2, 0.25) is 5.69 Å². The standard InChI is InChI=1S/C21H16F5N3O5/c1-32-16-10-29(13-6-4-5-12(9-13)21(24,25)26)28-18(16)19(31)33-11-17(30)27-14-7-2-3-8-15(14)34-20(22)23/h2-10,20H,11H2,1H3,(H,27,30). The molecule has 1 aromatic heterocycles. The third-order valence-corrected chi connectivity index (χ3v) is 4.24. The molecule has 3 rings (SSSR count). The summed E-state index contributed by atoms with van der Waals surface area (Å²) < 4.78 is 79.0. The van der Waals surface area contributed by atoms with E-state index >= 15 is 0 Å². The normalized spacial score (nSPS) is 11.3. The number of carbonyl (C=O) groups is 2. The van der Waals surface area contributed by atoms with E-state index in [0.717, 1.165) is 16.8 Å². The molecule has 1 amide bonds. The molecule has 0 atom stereocenters. The Morgan fingerprint density at radius 3 is 2.50 bits per heavy atom. The fraction of sp³-hybridized carbons (Fsp3) is 0.190. The summed E-state index contributed by atoms with van der Waals surface area (Å²) in [4.78, 5) is 24.5. The van der Waals surface area contributed by atoms with E-state index in [4.69, 9.17) is 9.47 Å². The Kier molecular flexibility index (Phi) is 7.34. The topological polar surface area (TPSA) is 91.7 Å². The largest absolute Gasteiger partial charge is 0.493 e. The van der Waals surface area contributed by atoms with Crippen molar-refractivity contribution >= 4 is 17.6 Å². The van der Waals surface area contributed by atoms with Crippen molar-refractivity contribution in [3.63, 3.8) is 0 Å². The monoisotopic (exact) mass is 485 g/mol. The minimum Gasteiger partial charge on any atom is -0.493 e. The molecule has 0 saturated heterocycles. The van der Waals surface area contributed by atoms with Gasteiger partial charge in [0.1, 0.15) is 5.75 Å². The zero-order valence-electron chi connectivity index (χ0n) is 17.3. The Morgan fingerprint density at radius 1 is 1.09 bits per heavy atom. The minimum absolute atomic E-state index is 0.000514. The van der Waals surface area contributed by atoms with E-state index in [0.29, 0.717) is 0 Å². The van der Waals surface area contributed by atoms with E-state index < -0.39 is 42.5 Å². The van der Waals surface area contributed by atoms with Crippen molar-refractivity contribution in [3.8, 4) is 17.2 Å². The zero-order chi connectivity index (χ0) is 24.9. The predicted octanol–water partition coefficient (Wildman–Crippen LogP) is 4.30. The number of rotatable bonds is 8. The van der Waals surface area contributed by atoms with Crippen LogP contribution in [0, 0.1) is 0 Å². The predicted molar refractivity (Wildman–Crippen MR) is 107 cm³/mol. The van der Waals surface area contributed by atoms with E-state index in [1.54, 1.807) is 0 Å². The molecule has 0 saturated carbocycles. The lowest BCUT2D eigenvalue weighted by molar-refractivity contribution is -0.137. The molecule has 0 fully saturated rings. The van der Waals surface area contributed by atoms with Crippen molar-refractivity contribution in [1.82, 2.24) is 9.78 Å². The molecule has 1 heterocycles. The highest BCUT2D eigenvalue weighted by Gasteiger charge is 2.31. The first kappa shape index (κ1) is 24.5. The number of esters is 1. The number of halogens is 5. The number of alkyl halides is 5. The smallest absolute Gasteiger partial charge is 0.416 e. The number of benzene rings is 2. The molecule has 3 aromatic rings. The lowest BCUT2D eigenvalue weighted by Gasteiger charge is -2.11. The third-order valence-electron chi connectivity index (χ3n) is 4.24. The van der Waals surface area contributed by atoms with Crippen molar-refractivity contribution in [2.24, 2.45) is 0 Å². The molecule has 2 aromatic carbocycles. The van der Waals surface area contributed by atoms with Gasteiger partial charge < -0.3 is 19.5 Å². The van der Waals surface area contributed by atoms with E-state index in [9.17, 15) is 31.5 Å². The Morgan fingerprint density at radius 2 is 1.82 bits per heavy atom. The quantitative estimate of drug-likeness (QED) is 0.378. The first-order valence-corrected chi connectivity index (χ1v) is 9.40. The summed E-state index contributed by atoms with van der Waals surface area (Å²) in [5.74, 6) is -2.37. The second-order valence-electron chi connectivity index (χ2n) is 6.54. The summed E-state index contributed by atoms with van der Waals surface area (Å²) in [6, 6.07) is 9.60. The van der Waals surface area contributed by atoms with Gasteiger partial charge in [-0.3, -0.25) is 4.79 Å². The Hall–Kier alpha value is -4.16. The van der Waals surface area contributed by atoms with Gasteiger partial charge in [-0.2, -0.15) is 27.1 Å². The van der Waals surface area contributed by atoms with Crippen LogP contribution in [0.2, 0.25) is 0 Å². The fourth-order valence-corrected chi connectivity index (χ4v) is 2.76. The van der Waals surface area contributed by atoms with Crippen LogP contribution in [0.25, 0.3) is 5.69 Å². The van der Waals surface area contributed by atoms with Gasteiger partial charge in [0, 0.05) is 0 Å². The molecule has 13 heteroatoms. The number of para-hydroxylation sites is 2. The molecule has 1 N–H and O–H groups in total. The number of methoxy groups -OCH3 is 1. The molecule has 0 aliphatic rings. The van der Waals surface area contributed by atoms with Crippen molar-refractivity contribution in [1.29, 1.82) is 0 Å². The van der Waals surface area contributed by atoms with E-state index in [1.807, 2.05) is 0 Å². The lowest BCUT2D eigenvalue weighted by atomic mass is 10.2. The van der Waals surface area contributed by atoms with Crippen LogP contribution < -0.4 is 14.8 Å². The Bertz CT molecular complexity index is 1180. The molecule has 0 radical (unpaired) electrons. The number of aromatic nitrogens is 2. The number of nitrogens with zero attached hydrogens (tertiary/aromatic N) is 2. The Labute approximate surface area is 188 Å². The van der Waals surface area contributed by atoms with Crippen LogP contribution >= 0.6 is 0 Å². The van der Waals surface area contributed by atoms with Crippen LogP contribution in [-0.4, -0.2) is 42.0 Å². The van der Waals surface area contributed by atoms with Crippen LogP contribution in [-0.2, 0) is 15.7 Å². The van der Waals surface area contributed by atoms with Crippen LogP contribution in [0.4, 0.5) is 27.6 Å². The highest BCUT2D eigenvalue weighted by atomic mass is 19.4. The molecular weight excluding hydrogens is 469 g/mol. The number of hydrogen-bond acceptors (Lipinski definition) is 6. The van der Waals surface area contributed by atoms with Gasteiger partial charge in [0.25, 0.3) is 5.91 Å². The van der Waals surface area contributed by atoms with Crippen molar-refractivity contribution in [2.45, 2.75) is 12.8 Å². The van der Waals surface area contributed by atoms with Gasteiger partial charge >= 0.3 is 18.8 Å². The van der Waals surface area contributed by atoms with Crippen LogP contribution in [0.1, 0.15) is 16.1 Å². The summed E-state index contributed by atoms with van der Waals surface area (Å²) in [6.45, 7) is -3.93. The average molecular weight is 485 g/mol. The van der Waals surface area contributed by atoms with E-state index in [1.165, 1.54) is 49.7 Å². The first-order valence-electron chi connectivity index (χ1n) is 9.40. The van der Waals surface area contributed by atoms with Gasteiger partial charge in [-0.05, 0) is 30.3 Å². The third kappa shape index (κ3) is 5.99. The van der Waals surface area contributed by atoms with E-state index in [-0.39, 0.29) is 22.9 Å². The summed E-state index contributed by atoms with van der Waals surface area (Å²) in [5.41, 5.74) is -1.39. The maximum absolute atomic E-state index is 13.0. The summed E-state index contributed by atoms with van der Waals surface area (Å²) in [6.07, 6.45) is -3.41. The maximum atomic E-state index is 13.0. The van der Waals surface area contributed by atoms with Crippen molar-refractivity contribution in [3.05, 3.63) is 66.0 Å². The molecule has 8 nitrogen and oxygen atoms in total. The summed E-state index contributed by atoms with van der Waals surface area (Å²) >= 11 is 0. The van der Waals surface area contributed by atoms with Gasteiger partial charge in [0.15, 0.2) is 12.4 Å². The molecule has 0 unspecified atom stereocenters. The number of hydrogen-bond donors (Lipinski definition) is 1. The number of carbonyl (C=O) groups excluding carboxylic acids is 2. The van der Waals surface area contributed by atoms with Crippen molar-refractivity contribution in [2.75, 3.05) is 19.0 Å². The van der Waals surface area contributed by atoms with Gasteiger partial charge in [-0.25, -0.2) is 9.48 Å². The highest BCUT2D eigenvalue weighted by molar-refractivity contribution is 5.96. The Balaban J connectivity index is 1.70. The number of anilines is 1. The summed E-state index contributed by atoms with van der Waals surface area (Å²) in [5, 5.41) is 6.16. The molecule has 34 heavy (non-hydrogen) atoms. The zero-order valence-corrected chi connectivity index (χ0v) is 17.3. The molecular formula is C21H16F5N3O5. The van der Waals surface area contributed by atoms with Crippen LogP contribution in [0.5, 0.6) is 11.5 Å². The number of nitrogens with one attached hydrogen (secondary N) is 1. The van der Waals surface area contributed by atoms with Gasteiger partial charge in [-0.1, -0.05) is 18.2 Å². The first-order chi connectivity index (χ1) is 16.1. The van der Waals surface area contributed by atoms with Crippen LogP contribution in [0.15, 0.2) is 54.7 Å². The average Bonchev–Trinajstić information content (AvgIpc) is 3.23. The second kappa shape index (κ2) is 10.2. The molecule has 0 aliphatic carbocycles. The molecule has 0 bridgehead atoms.